The zero-order chi connectivity index (χ0) is 17.6. The van der Waals surface area contributed by atoms with Crippen LogP contribution in [0.15, 0.2) is 72.8 Å². The Bertz CT molecular complexity index is 684. The van der Waals surface area contributed by atoms with Gasteiger partial charge in [-0.05, 0) is 72.8 Å². The third kappa shape index (κ3) is 3.69. The average molecular weight is 334 g/mol. The number of ether oxygens (including phenoxy) is 2. The molecule has 0 saturated carbocycles. The Labute approximate surface area is 148 Å². The summed E-state index contributed by atoms with van der Waals surface area (Å²) < 4.78 is 10.6. The Kier molecular flexibility index (Phi) is 5.09. The topological polar surface area (TPSA) is 33.7 Å². The normalized spacial score (nSPS) is 10.2. The van der Waals surface area contributed by atoms with E-state index in [0.717, 1.165) is 34.2 Å². The molecule has 0 amide bonds. The van der Waals surface area contributed by atoms with Crippen molar-refractivity contribution in [3.05, 3.63) is 72.8 Å². The van der Waals surface area contributed by atoms with Crippen LogP contribution >= 0.6 is 0 Å². The van der Waals surface area contributed by atoms with Gasteiger partial charge in [0.2, 0.25) is 0 Å². The van der Waals surface area contributed by atoms with Crippen LogP contribution in [-0.2, 0) is 0 Å². The molecule has 0 bridgehead atoms. The van der Waals surface area contributed by atoms with Crippen LogP contribution < -0.4 is 19.7 Å². The monoisotopic (exact) mass is 334 g/mol. The van der Waals surface area contributed by atoms with Crippen LogP contribution in [0.1, 0.15) is 0 Å². The lowest BCUT2D eigenvalue weighted by Crippen LogP contribution is -2.09. The van der Waals surface area contributed by atoms with E-state index >= 15 is 0 Å². The standard InChI is InChI=1S/C21H22N2O2/c1-22-16-4-6-17(7-5-16)23(18-8-12-20(24-2)13-9-18)19-10-14-21(25-3)15-11-19/h4-15,22H,1-3H3. The summed E-state index contributed by atoms with van der Waals surface area (Å²) >= 11 is 0. The summed E-state index contributed by atoms with van der Waals surface area (Å²) in [6.45, 7) is 0. The molecule has 0 saturated heterocycles. The second-order valence-electron chi connectivity index (χ2n) is 5.53. The predicted octanol–water partition coefficient (Wildman–Crippen LogP) is 5.22. The zero-order valence-electron chi connectivity index (χ0n) is 14.7. The van der Waals surface area contributed by atoms with Crippen LogP contribution in [0.2, 0.25) is 0 Å². The lowest BCUT2D eigenvalue weighted by Gasteiger charge is -2.26. The van der Waals surface area contributed by atoms with Gasteiger partial charge in [-0.15, -0.1) is 0 Å². The van der Waals surface area contributed by atoms with E-state index in [4.69, 9.17) is 9.47 Å². The number of anilines is 4. The summed E-state index contributed by atoms with van der Waals surface area (Å²) in [5, 5.41) is 3.15. The Morgan fingerprint density at radius 2 is 0.960 bits per heavy atom. The number of hydrogen-bond donors (Lipinski definition) is 1. The maximum Gasteiger partial charge on any atom is 0.119 e. The number of hydrogen-bond acceptors (Lipinski definition) is 4. The molecule has 25 heavy (non-hydrogen) atoms. The molecule has 0 fully saturated rings. The molecule has 0 unspecified atom stereocenters. The number of nitrogens with one attached hydrogen (secondary N) is 1. The van der Waals surface area contributed by atoms with Gasteiger partial charge < -0.3 is 19.7 Å². The van der Waals surface area contributed by atoms with Gasteiger partial charge >= 0.3 is 0 Å². The molecule has 4 nitrogen and oxygen atoms in total. The maximum atomic E-state index is 5.28. The SMILES string of the molecule is CNc1ccc(N(c2ccc(OC)cc2)c2ccc(OC)cc2)cc1. The second-order valence-corrected chi connectivity index (χ2v) is 5.53. The van der Waals surface area contributed by atoms with Crippen molar-refractivity contribution in [3.63, 3.8) is 0 Å². The molecule has 0 radical (unpaired) electrons. The molecule has 0 heterocycles. The summed E-state index contributed by atoms with van der Waals surface area (Å²) in [6, 6.07) is 24.4. The van der Waals surface area contributed by atoms with E-state index in [0.29, 0.717) is 0 Å². The third-order valence-electron chi connectivity index (χ3n) is 4.08. The smallest absolute Gasteiger partial charge is 0.119 e. The van der Waals surface area contributed by atoms with Crippen LogP contribution in [0.5, 0.6) is 11.5 Å². The summed E-state index contributed by atoms with van der Waals surface area (Å²) in [7, 11) is 5.26. The zero-order valence-corrected chi connectivity index (χ0v) is 14.7. The van der Waals surface area contributed by atoms with Gasteiger partial charge in [-0.2, -0.15) is 0 Å². The van der Waals surface area contributed by atoms with Crippen molar-refractivity contribution < 1.29 is 9.47 Å². The minimum atomic E-state index is 0.837. The molecule has 4 heteroatoms. The van der Waals surface area contributed by atoms with Gasteiger partial charge in [0, 0.05) is 29.8 Å². The molecule has 0 aromatic heterocycles. The number of methoxy groups -OCH3 is 2. The first kappa shape index (κ1) is 16.7. The van der Waals surface area contributed by atoms with Crippen molar-refractivity contribution in [2.45, 2.75) is 0 Å². The van der Waals surface area contributed by atoms with Crippen molar-refractivity contribution in [3.8, 4) is 11.5 Å². The van der Waals surface area contributed by atoms with Gasteiger partial charge in [-0.25, -0.2) is 0 Å². The van der Waals surface area contributed by atoms with Crippen molar-refractivity contribution >= 4 is 22.7 Å². The molecule has 0 aliphatic rings. The summed E-state index contributed by atoms with van der Waals surface area (Å²) in [5.41, 5.74) is 4.27. The molecular weight excluding hydrogens is 312 g/mol. The van der Waals surface area contributed by atoms with Crippen LogP contribution in [0.25, 0.3) is 0 Å². The fourth-order valence-corrected chi connectivity index (χ4v) is 2.69. The molecule has 3 aromatic rings. The molecule has 0 aliphatic heterocycles. The minimum Gasteiger partial charge on any atom is -0.497 e. The molecule has 3 rings (SSSR count). The van der Waals surface area contributed by atoms with E-state index in [1.165, 1.54) is 0 Å². The van der Waals surface area contributed by atoms with Gasteiger partial charge in [0.25, 0.3) is 0 Å². The van der Waals surface area contributed by atoms with Gasteiger partial charge in [0.15, 0.2) is 0 Å². The highest BCUT2D eigenvalue weighted by Crippen LogP contribution is 2.36. The first-order valence-electron chi connectivity index (χ1n) is 8.11. The molecule has 3 aromatic carbocycles. The molecular formula is C21H22N2O2. The third-order valence-corrected chi connectivity index (χ3v) is 4.08. The first-order valence-corrected chi connectivity index (χ1v) is 8.11. The predicted molar refractivity (Wildman–Crippen MR) is 104 cm³/mol. The molecule has 1 N–H and O–H groups in total. The van der Waals surface area contributed by atoms with Crippen LogP contribution in [0, 0.1) is 0 Å². The van der Waals surface area contributed by atoms with E-state index in [2.05, 4.69) is 58.7 Å². The van der Waals surface area contributed by atoms with E-state index in [1.807, 2.05) is 31.3 Å². The van der Waals surface area contributed by atoms with Crippen LogP contribution in [0.3, 0.4) is 0 Å². The average Bonchev–Trinajstić information content (AvgIpc) is 2.70. The molecule has 0 spiro atoms. The maximum absolute atomic E-state index is 5.28. The van der Waals surface area contributed by atoms with E-state index in [1.54, 1.807) is 14.2 Å². The molecule has 128 valence electrons. The number of nitrogens with zero attached hydrogens (tertiary/aromatic N) is 1. The fraction of sp³-hybridized carbons (Fsp3) is 0.143. The van der Waals surface area contributed by atoms with E-state index < -0.39 is 0 Å². The van der Waals surface area contributed by atoms with Gasteiger partial charge in [0.05, 0.1) is 14.2 Å². The Balaban J connectivity index is 2.04. The highest BCUT2D eigenvalue weighted by Gasteiger charge is 2.12. The largest absolute Gasteiger partial charge is 0.497 e. The summed E-state index contributed by atoms with van der Waals surface area (Å²) in [6.07, 6.45) is 0. The van der Waals surface area contributed by atoms with Crippen LogP contribution in [-0.4, -0.2) is 21.3 Å². The van der Waals surface area contributed by atoms with Gasteiger partial charge in [0.1, 0.15) is 11.5 Å². The van der Waals surface area contributed by atoms with E-state index in [9.17, 15) is 0 Å². The summed E-state index contributed by atoms with van der Waals surface area (Å²) in [5.74, 6) is 1.67. The molecule has 0 atom stereocenters. The first-order chi connectivity index (χ1) is 12.2. The second kappa shape index (κ2) is 7.62. The Morgan fingerprint density at radius 1 is 0.600 bits per heavy atom. The lowest BCUT2D eigenvalue weighted by molar-refractivity contribution is 0.415. The van der Waals surface area contributed by atoms with E-state index in [-0.39, 0.29) is 0 Å². The molecule has 0 aliphatic carbocycles. The van der Waals surface area contributed by atoms with Crippen molar-refractivity contribution in [1.82, 2.24) is 0 Å². The quantitative estimate of drug-likeness (QED) is 0.670. The Morgan fingerprint density at radius 3 is 1.28 bits per heavy atom. The summed E-state index contributed by atoms with van der Waals surface area (Å²) in [4.78, 5) is 2.19. The number of benzene rings is 3. The van der Waals surface area contributed by atoms with Gasteiger partial charge in [-0.3, -0.25) is 0 Å². The fourth-order valence-electron chi connectivity index (χ4n) is 2.69. The van der Waals surface area contributed by atoms with Crippen molar-refractivity contribution in [2.24, 2.45) is 0 Å². The lowest BCUT2D eigenvalue weighted by atomic mass is 10.1. The van der Waals surface area contributed by atoms with Crippen molar-refractivity contribution in [2.75, 3.05) is 31.5 Å². The number of rotatable bonds is 6. The Hall–Kier alpha value is -3.14. The highest BCUT2D eigenvalue weighted by atomic mass is 16.5. The highest BCUT2D eigenvalue weighted by molar-refractivity contribution is 5.77. The van der Waals surface area contributed by atoms with Crippen LogP contribution in [0.4, 0.5) is 22.7 Å². The van der Waals surface area contributed by atoms with Crippen molar-refractivity contribution in [1.29, 1.82) is 0 Å². The van der Waals surface area contributed by atoms with Gasteiger partial charge in [-0.1, -0.05) is 0 Å². The minimum absolute atomic E-state index is 0.837.